The number of aliphatic imine (C=N–C) groups is 1. The fourth-order valence-electron chi connectivity index (χ4n) is 3.68. The average molecular weight is 365 g/mol. The Kier molecular flexibility index (Phi) is 7.28. The lowest BCUT2D eigenvalue weighted by Gasteiger charge is -2.20. The number of hydrogen-bond donors (Lipinski definition) is 2. The van der Waals surface area contributed by atoms with E-state index in [2.05, 4.69) is 82.0 Å². The molecule has 4 heteroatoms. The molecule has 2 atom stereocenters. The number of nitrogens with one attached hydrogen (secondary N) is 2. The molecule has 1 heterocycles. The Balaban J connectivity index is 1.39. The van der Waals surface area contributed by atoms with Crippen LogP contribution in [0.25, 0.3) is 0 Å². The minimum atomic E-state index is 0.239. The zero-order chi connectivity index (χ0) is 18.9. The average Bonchev–Trinajstić information content (AvgIpc) is 3.18. The molecule has 0 amide bonds. The van der Waals surface area contributed by atoms with Gasteiger partial charge in [-0.3, -0.25) is 4.99 Å². The summed E-state index contributed by atoms with van der Waals surface area (Å²) < 4.78 is 0. The van der Waals surface area contributed by atoms with Gasteiger partial charge < -0.3 is 15.5 Å². The molecule has 0 radical (unpaired) electrons. The van der Waals surface area contributed by atoms with E-state index in [9.17, 15) is 0 Å². The summed E-state index contributed by atoms with van der Waals surface area (Å²) in [5.74, 6) is 1.57. The van der Waals surface area contributed by atoms with Crippen LogP contribution in [-0.4, -0.2) is 44.1 Å². The number of guanidine groups is 1. The van der Waals surface area contributed by atoms with E-state index in [4.69, 9.17) is 0 Å². The van der Waals surface area contributed by atoms with Gasteiger partial charge in [0, 0.05) is 26.7 Å². The molecule has 2 aromatic carbocycles. The molecule has 0 aliphatic carbocycles. The maximum atomic E-state index is 4.39. The van der Waals surface area contributed by atoms with Crippen molar-refractivity contribution in [2.45, 2.75) is 25.8 Å². The smallest absolute Gasteiger partial charge is 0.191 e. The first-order chi connectivity index (χ1) is 13.2. The van der Waals surface area contributed by atoms with E-state index in [1.807, 2.05) is 13.1 Å². The van der Waals surface area contributed by atoms with E-state index in [0.29, 0.717) is 5.92 Å². The fraction of sp³-hybridized carbons (Fsp3) is 0.435. The van der Waals surface area contributed by atoms with Gasteiger partial charge in [-0.1, -0.05) is 60.7 Å². The molecule has 2 unspecified atom stereocenters. The molecule has 1 aliphatic rings. The topological polar surface area (TPSA) is 39.7 Å². The third kappa shape index (κ3) is 6.10. The zero-order valence-corrected chi connectivity index (χ0v) is 16.6. The molecule has 0 bridgehead atoms. The van der Waals surface area contributed by atoms with Gasteiger partial charge in [0.2, 0.25) is 0 Å². The van der Waals surface area contributed by atoms with E-state index in [0.717, 1.165) is 25.5 Å². The highest BCUT2D eigenvalue weighted by Gasteiger charge is 2.22. The Hall–Kier alpha value is -2.33. The third-order valence-corrected chi connectivity index (χ3v) is 5.36. The molecule has 1 fully saturated rings. The van der Waals surface area contributed by atoms with Crippen molar-refractivity contribution < 1.29 is 0 Å². The van der Waals surface area contributed by atoms with Gasteiger partial charge in [0.15, 0.2) is 5.96 Å². The quantitative estimate of drug-likeness (QED) is 0.584. The van der Waals surface area contributed by atoms with Gasteiger partial charge in [0.25, 0.3) is 0 Å². The van der Waals surface area contributed by atoms with Crippen LogP contribution < -0.4 is 10.6 Å². The van der Waals surface area contributed by atoms with Crippen LogP contribution in [0.1, 0.15) is 30.5 Å². The highest BCUT2D eigenvalue weighted by Crippen LogP contribution is 2.16. The van der Waals surface area contributed by atoms with Crippen LogP contribution in [-0.2, 0) is 6.42 Å². The molecule has 4 nitrogen and oxygen atoms in total. The Morgan fingerprint density at radius 1 is 1.11 bits per heavy atom. The van der Waals surface area contributed by atoms with Gasteiger partial charge in [0.05, 0.1) is 6.04 Å². The fourth-order valence-corrected chi connectivity index (χ4v) is 3.68. The number of nitrogens with zero attached hydrogens (tertiary/aromatic N) is 2. The first-order valence-electron chi connectivity index (χ1n) is 10.0. The molecule has 1 saturated heterocycles. The van der Waals surface area contributed by atoms with E-state index in [1.165, 1.54) is 30.6 Å². The lowest BCUT2D eigenvalue weighted by Crippen LogP contribution is -2.41. The summed E-state index contributed by atoms with van der Waals surface area (Å²) in [6, 6.07) is 21.5. The largest absolute Gasteiger partial charge is 0.356 e. The summed E-state index contributed by atoms with van der Waals surface area (Å²) in [6.45, 7) is 6.67. The lowest BCUT2D eigenvalue weighted by molar-refractivity contribution is 0.328. The monoisotopic (exact) mass is 364 g/mol. The van der Waals surface area contributed by atoms with E-state index in [1.54, 1.807) is 0 Å². The molecule has 144 valence electrons. The molecule has 0 aromatic heterocycles. The predicted octanol–water partition coefficient (Wildman–Crippen LogP) is 3.48. The van der Waals surface area contributed by atoms with Crippen LogP contribution in [0.4, 0.5) is 0 Å². The molecule has 27 heavy (non-hydrogen) atoms. The van der Waals surface area contributed by atoms with Gasteiger partial charge in [-0.05, 0) is 43.4 Å². The van der Waals surface area contributed by atoms with E-state index >= 15 is 0 Å². The standard InChI is InChI=1S/C23H32N4/c1-19(22-11-7-4-8-12-22)26-23(24-2)25-17-21-14-16-27(18-21)15-13-20-9-5-3-6-10-20/h3-12,19,21H,13-18H2,1-2H3,(H2,24,25,26). The van der Waals surface area contributed by atoms with Gasteiger partial charge in [-0.15, -0.1) is 0 Å². The molecule has 2 N–H and O–H groups in total. The third-order valence-electron chi connectivity index (χ3n) is 5.36. The van der Waals surface area contributed by atoms with Crippen LogP contribution >= 0.6 is 0 Å². The van der Waals surface area contributed by atoms with Crippen molar-refractivity contribution in [2.75, 3.05) is 33.2 Å². The van der Waals surface area contributed by atoms with E-state index < -0.39 is 0 Å². The minimum Gasteiger partial charge on any atom is -0.356 e. The highest BCUT2D eigenvalue weighted by atomic mass is 15.2. The Morgan fingerprint density at radius 2 is 1.81 bits per heavy atom. The first kappa shape index (κ1) is 19.4. The summed E-state index contributed by atoms with van der Waals surface area (Å²) in [4.78, 5) is 6.98. The second-order valence-electron chi connectivity index (χ2n) is 7.42. The SMILES string of the molecule is CN=C(NCC1CCN(CCc2ccccc2)C1)NC(C)c1ccccc1. The van der Waals surface area contributed by atoms with Crippen LogP contribution in [0.2, 0.25) is 0 Å². The Labute approximate surface area is 163 Å². The van der Waals surface area contributed by atoms with Crippen molar-refractivity contribution in [3.8, 4) is 0 Å². The molecule has 3 rings (SSSR count). The molecule has 2 aromatic rings. The first-order valence-corrected chi connectivity index (χ1v) is 10.0. The summed E-state index contributed by atoms with van der Waals surface area (Å²) >= 11 is 0. The summed E-state index contributed by atoms with van der Waals surface area (Å²) in [6.07, 6.45) is 2.39. The minimum absolute atomic E-state index is 0.239. The maximum absolute atomic E-state index is 4.39. The second-order valence-corrected chi connectivity index (χ2v) is 7.42. The summed E-state index contributed by atoms with van der Waals surface area (Å²) in [7, 11) is 1.84. The predicted molar refractivity (Wildman–Crippen MR) is 114 cm³/mol. The van der Waals surface area contributed by atoms with E-state index in [-0.39, 0.29) is 6.04 Å². The molecule has 0 spiro atoms. The van der Waals surface area contributed by atoms with Crippen LogP contribution in [0.5, 0.6) is 0 Å². The van der Waals surface area contributed by atoms with Gasteiger partial charge in [0.1, 0.15) is 0 Å². The van der Waals surface area contributed by atoms with Crippen molar-refractivity contribution in [1.82, 2.24) is 15.5 Å². The van der Waals surface area contributed by atoms with Crippen molar-refractivity contribution in [2.24, 2.45) is 10.9 Å². The maximum Gasteiger partial charge on any atom is 0.191 e. The summed E-state index contributed by atoms with van der Waals surface area (Å²) in [5.41, 5.74) is 2.70. The molecule has 1 aliphatic heterocycles. The van der Waals surface area contributed by atoms with Gasteiger partial charge in [-0.25, -0.2) is 0 Å². The Morgan fingerprint density at radius 3 is 2.52 bits per heavy atom. The highest BCUT2D eigenvalue weighted by molar-refractivity contribution is 5.80. The summed E-state index contributed by atoms with van der Waals surface area (Å²) in [5, 5.41) is 7.01. The Bertz CT molecular complexity index is 699. The van der Waals surface area contributed by atoms with Crippen molar-refractivity contribution in [3.05, 3.63) is 71.8 Å². The molecule has 0 saturated carbocycles. The van der Waals surface area contributed by atoms with Crippen molar-refractivity contribution in [3.63, 3.8) is 0 Å². The van der Waals surface area contributed by atoms with Crippen LogP contribution in [0.3, 0.4) is 0 Å². The zero-order valence-electron chi connectivity index (χ0n) is 16.6. The lowest BCUT2D eigenvalue weighted by atomic mass is 10.1. The number of likely N-dealkylation sites (tertiary alicyclic amines) is 1. The molecular weight excluding hydrogens is 332 g/mol. The number of benzene rings is 2. The van der Waals surface area contributed by atoms with Crippen LogP contribution in [0.15, 0.2) is 65.7 Å². The van der Waals surface area contributed by atoms with Crippen molar-refractivity contribution >= 4 is 5.96 Å². The molecular formula is C23H32N4. The van der Waals surface area contributed by atoms with Crippen molar-refractivity contribution in [1.29, 1.82) is 0 Å². The van der Waals surface area contributed by atoms with Crippen LogP contribution in [0, 0.1) is 5.92 Å². The normalized spacial score (nSPS) is 19.0. The van der Waals surface area contributed by atoms with Gasteiger partial charge >= 0.3 is 0 Å². The van der Waals surface area contributed by atoms with Gasteiger partial charge in [-0.2, -0.15) is 0 Å². The number of hydrogen-bond acceptors (Lipinski definition) is 2. The number of rotatable bonds is 7. The second kappa shape index (κ2) is 10.1.